The molecule has 0 bridgehead atoms. The number of aliphatic hydroxyl groups is 2. The molecule has 2 atom stereocenters. The lowest BCUT2D eigenvalue weighted by atomic mass is 9.74. The van der Waals surface area contributed by atoms with Crippen LogP contribution in [0.15, 0.2) is 29.4 Å². The first kappa shape index (κ1) is 17.8. The van der Waals surface area contributed by atoms with E-state index in [2.05, 4.69) is 10.0 Å². The van der Waals surface area contributed by atoms with Crippen LogP contribution < -0.4 is 5.46 Å². The predicted molar refractivity (Wildman–Crippen MR) is 87.1 cm³/mol. The molecule has 8 heteroatoms. The third kappa shape index (κ3) is 3.52. The molecular formula is C15H22BN3O4. The number of aliphatic hydroxyl groups excluding tert-OH is 2. The first-order valence-corrected chi connectivity index (χ1v) is 7.51. The molecule has 0 aliphatic carbocycles. The zero-order valence-electron chi connectivity index (χ0n) is 13.8. The van der Waals surface area contributed by atoms with Gasteiger partial charge in [0.2, 0.25) is 0 Å². The van der Waals surface area contributed by atoms with Gasteiger partial charge in [0.1, 0.15) is 6.10 Å². The fraction of sp³-hybridized carbons (Fsp3) is 0.600. The first-order valence-electron chi connectivity index (χ1n) is 7.51. The second-order valence-electron chi connectivity index (χ2n) is 6.64. The molecule has 1 aromatic carbocycles. The van der Waals surface area contributed by atoms with Gasteiger partial charge in [0.25, 0.3) is 0 Å². The van der Waals surface area contributed by atoms with Gasteiger partial charge >= 0.3 is 7.12 Å². The average molecular weight is 319 g/mol. The van der Waals surface area contributed by atoms with Crippen LogP contribution in [0.1, 0.15) is 39.4 Å². The number of nitrogens with zero attached hydrogens (tertiary/aromatic N) is 3. The normalized spacial score (nSPS) is 21.6. The quantitative estimate of drug-likeness (QED) is 0.372. The molecule has 0 spiro atoms. The molecule has 1 heterocycles. The third-order valence-electron chi connectivity index (χ3n) is 4.52. The summed E-state index contributed by atoms with van der Waals surface area (Å²) in [5.41, 5.74) is 8.48. The van der Waals surface area contributed by atoms with Gasteiger partial charge < -0.3 is 19.5 Å². The highest BCUT2D eigenvalue weighted by Gasteiger charge is 2.52. The minimum absolute atomic E-state index is 0.213. The van der Waals surface area contributed by atoms with Gasteiger partial charge in [-0.15, -0.1) is 0 Å². The van der Waals surface area contributed by atoms with Crippen LogP contribution in [-0.2, 0) is 9.31 Å². The molecule has 0 amide bonds. The second kappa shape index (κ2) is 6.51. The molecule has 0 aromatic heterocycles. The van der Waals surface area contributed by atoms with E-state index in [0.29, 0.717) is 11.0 Å². The van der Waals surface area contributed by atoms with E-state index in [9.17, 15) is 10.2 Å². The summed E-state index contributed by atoms with van der Waals surface area (Å²) in [5, 5.41) is 23.7. The van der Waals surface area contributed by atoms with Crippen molar-refractivity contribution in [1.82, 2.24) is 0 Å². The molecule has 1 aliphatic heterocycles. The van der Waals surface area contributed by atoms with Crippen molar-refractivity contribution in [3.05, 3.63) is 40.3 Å². The van der Waals surface area contributed by atoms with E-state index in [1.807, 2.05) is 33.8 Å². The molecule has 0 saturated carbocycles. The Morgan fingerprint density at radius 2 is 1.74 bits per heavy atom. The topological polar surface area (TPSA) is 108 Å². The Labute approximate surface area is 136 Å². The van der Waals surface area contributed by atoms with Crippen molar-refractivity contribution in [2.24, 2.45) is 5.11 Å². The molecule has 2 N–H and O–H groups in total. The predicted octanol–water partition coefficient (Wildman–Crippen LogP) is 1.69. The fourth-order valence-corrected chi connectivity index (χ4v) is 2.39. The largest absolute Gasteiger partial charge is 0.495 e. The van der Waals surface area contributed by atoms with E-state index in [1.54, 1.807) is 18.2 Å². The van der Waals surface area contributed by atoms with Crippen LogP contribution in [0.2, 0.25) is 0 Å². The van der Waals surface area contributed by atoms with Crippen molar-refractivity contribution in [2.75, 3.05) is 6.54 Å². The van der Waals surface area contributed by atoms with Crippen LogP contribution in [-0.4, -0.2) is 41.2 Å². The van der Waals surface area contributed by atoms with Crippen molar-refractivity contribution in [3.8, 4) is 0 Å². The summed E-state index contributed by atoms with van der Waals surface area (Å²) >= 11 is 0. The molecule has 124 valence electrons. The van der Waals surface area contributed by atoms with Crippen LogP contribution in [0.4, 0.5) is 0 Å². The molecule has 0 radical (unpaired) electrons. The molecule has 7 nitrogen and oxygen atoms in total. The Morgan fingerprint density at radius 1 is 1.17 bits per heavy atom. The van der Waals surface area contributed by atoms with Gasteiger partial charge in [-0.3, -0.25) is 0 Å². The standard InChI is InChI=1S/C15H22BN3O4/c1-14(2)15(3,4)23-16(22-14)11-8-6-5-7-10(11)13(21)12(20)9-18-19-17/h5-8,12-13,20-21H,9H2,1-4H3. The Bertz CT molecular complexity index is 600. The number of hydrogen-bond donors (Lipinski definition) is 2. The van der Waals surface area contributed by atoms with Gasteiger partial charge in [0.05, 0.1) is 23.9 Å². The van der Waals surface area contributed by atoms with Crippen LogP contribution in [0.5, 0.6) is 0 Å². The average Bonchev–Trinajstić information content (AvgIpc) is 2.72. The summed E-state index contributed by atoms with van der Waals surface area (Å²) in [6.45, 7) is 7.57. The van der Waals surface area contributed by atoms with Crippen LogP contribution in [0.25, 0.3) is 10.4 Å². The van der Waals surface area contributed by atoms with Crippen LogP contribution in [0, 0.1) is 0 Å². The van der Waals surface area contributed by atoms with Gasteiger partial charge in [-0.25, -0.2) is 0 Å². The van der Waals surface area contributed by atoms with Gasteiger partial charge in [0.15, 0.2) is 0 Å². The zero-order valence-corrected chi connectivity index (χ0v) is 13.8. The van der Waals surface area contributed by atoms with E-state index in [0.717, 1.165) is 0 Å². The maximum Gasteiger partial charge on any atom is 0.495 e. The Hall–Kier alpha value is -1.57. The summed E-state index contributed by atoms with van der Waals surface area (Å²) in [6, 6.07) is 7.06. The Morgan fingerprint density at radius 3 is 2.30 bits per heavy atom. The van der Waals surface area contributed by atoms with Crippen molar-refractivity contribution in [1.29, 1.82) is 0 Å². The van der Waals surface area contributed by atoms with Crippen molar-refractivity contribution in [2.45, 2.75) is 51.1 Å². The number of hydrogen-bond acceptors (Lipinski definition) is 5. The molecular weight excluding hydrogens is 297 g/mol. The van der Waals surface area contributed by atoms with E-state index >= 15 is 0 Å². The molecule has 1 aromatic rings. The van der Waals surface area contributed by atoms with Crippen LogP contribution >= 0.6 is 0 Å². The van der Waals surface area contributed by atoms with Gasteiger partial charge in [-0.05, 0) is 44.3 Å². The summed E-state index contributed by atoms with van der Waals surface area (Å²) < 4.78 is 12.0. The minimum atomic E-state index is -1.20. The maximum atomic E-state index is 10.4. The molecule has 1 fully saturated rings. The highest BCUT2D eigenvalue weighted by Crippen LogP contribution is 2.37. The van der Waals surface area contributed by atoms with Gasteiger partial charge in [0, 0.05) is 4.91 Å². The van der Waals surface area contributed by atoms with Gasteiger partial charge in [-0.1, -0.05) is 29.4 Å². The molecule has 1 aliphatic rings. The number of azide groups is 1. The van der Waals surface area contributed by atoms with Gasteiger partial charge in [-0.2, -0.15) is 0 Å². The Balaban J connectivity index is 2.30. The lowest BCUT2D eigenvalue weighted by Gasteiger charge is -2.32. The SMILES string of the molecule is CC1(C)OB(c2ccccc2C(O)C(O)CN=[N+]=[N-])OC1(C)C. The summed E-state index contributed by atoms with van der Waals surface area (Å²) in [6.07, 6.45) is -2.40. The van der Waals surface area contributed by atoms with Crippen molar-refractivity contribution >= 4 is 12.6 Å². The fourth-order valence-electron chi connectivity index (χ4n) is 2.39. The minimum Gasteiger partial charge on any atom is -0.399 e. The number of rotatable bonds is 5. The summed E-state index contributed by atoms with van der Waals surface area (Å²) in [5.74, 6) is 0. The second-order valence-corrected chi connectivity index (χ2v) is 6.64. The monoisotopic (exact) mass is 319 g/mol. The molecule has 2 unspecified atom stereocenters. The summed E-state index contributed by atoms with van der Waals surface area (Å²) in [4.78, 5) is 2.59. The van der Waals surface area contributed by atoms with Crippen molar-refractivity contribution in [3.63, 3.8) is 0 Å². The summed E-state index contributed by atoms with van der Waals surface area (Å²) in [7, 11) is -0.641. The van der Waals surface area contributed by atoms with Crippen molar-refractivity contribution < 1.29 is 19.5 Å². The number of benzene rings is 1. The third-order valence-corrected chi connectivity index (χ3v) is 4.52. The molecule has 2 rings (SSSR count). The smallest absolute Gasteiger partial charge is 0.399 e. The molecule has 1 saturated heterocycles. The van der Waals surface area contributed by atoms with E-state index < -0.39 is 30.5 Å². The maximum absolute atomic E-state index is 10.4. The highest BCUT2D eigenvalue weighted by atomic mass is 16.7. The van der Waals surface area contributed by atoms with E-state index in [4.69, 9.17) is 14.8 Å². The first-order chi connectivity index (χ1) is 10.7. The Kier molecular flexibility index (Phi) is 5.03. The van der Waals surface area contributed by atoms with E-state index in [-0.39, 0.29) is 6.54 Å². The van der Waals surface area contributed by atoms with Crippen LogP contribution in [0.3, 0.4) is 0 Å². The molecule has 23 heavy (non-hydrogen) atoms. The highest BCUT2D eigenvalue weighted by molar-refractivity contribution is 6.62. The lowest BCUT2D eigenvalue weighted by Crippen LogP contribution is -2.41. The lowest BCUT2D eigenvalue weighted by molar-refractivity contribution is 0.00578. The zero-order chi connectivity index (χ0) is 17.3. The van der Waals surface area contributed by atoms with E-state index in [1.165, 1.54) is 0 Å².